The van der Waals surface area contributed by atoms with Gasteiger partial charge in [-0.3, -0.25) is 0 Å². The van der Waals surface area contributed by atoms with Crippen molar-refractivity contribution in [3.8, 4) is 0 Å². The summed E-state index contributed by atoms with van der Waals surface area (Å²) in [6.45, 7) is 7.18. The Morgan fingerprint density at radius 3 is 2.40 bits per heavy atom. The second-order valence-corrected chi connectivity index (χ2v) is 6.08. The molecule has 1 heterocycles. The van der Waals surface area contributed by atoms with Crippen LogP contribution in [0.4, 0.5) is 4.79 Å². The van der Waals surface area contributed by atoms with Crippen LogP contribution in [0.3, 0.4) is 0 Å². The first-order valence-electron chi connectivity index (χ1n) is 8.42. The summed E-state index contributed by atoms with van der Waals surface area (Å²) in [6, 6.07) is 9.54. The van der Waals surface area contributed by atoms with Crippen molar-refractivity contribution in [2.75, 3.05) is 26.3 Å². The van der Waals surface area contributed by atoms with E-state index in [0.29, 0.717) is 25.3 Å². The second kappa shape index (κ2) is 9.22. The number of allylic oxidation sites excluding steroid dienone is 1. The van der Waals surface area contributed by atoms with E-state index in [-0.39, 0.29) is 31.4 Å². The molecular weight excluding hydrogens is 322 g/mol. The van der Waals surface area contributed by atoms with Crippen molar-refractivity contribution in [3.05, 3.63) is 47.0 Å². The molecule has 0 N–H and O–H groups in total. The number of carbonyl (C=O) groups is 2. The van der Waals surface area contributed by atoms with Gasteiger partial charge in [-0.15, -0.1) is 0 Å². The number of likely N-dealkylation sites (tertiary alicyclic amines) is 1. The molecule has 6 heteroatoms. The molecule has 1 aliphatic heterocycles. The van der Waals surface area contributed by atoms with E-state index in [4.69, 9.17) is 14.2 Å². The van der Waals surface area contributed by atoms with E-state index in [0.717, 1.165) is 11.1 Å². The Morgan fingerprint density at radius 2 is 1.80 bits per heavy atom. The van der Waals surface area contributed by atoms with Crippen LogP contribution in [-0.2, 0) is 25.6 Å². The summed E-state index contributed by atoms with van der Waals surface area (Å²) < 4.78 is 16.0. The van der Waals surface area contributed by atoms with Gasteiger partial charge in [0, 0.05) is 0 Å². The van der Waals surface area contributed by atoms with Gasteiger partial charge in [-0.1, -0.05) is 35.9 Å². The molecule has 25 heavy (non-hydrogen) atoms. The van der Waals surface area contributed by atoms with Crippen molar-refractivity contribution in [3.63, 3.8) is 0 Å². The molecule has 0 aromatic heterocycles. The number of hydrogen-bond donors (Lipinski definition) is 0. The predicted molar refractivity (Wildman–Crippen MR) is 92.9 cm³/mol. The number of benzene rings is 1. The van der Waals surface area contributed by atoms with Gasteiger partial charge in [0.15, 0.2) is 0 Å². The number of hydrogen-bond acceptors (Lipinski definition) is 5. The van der Waals surface area contributed by atoms with Crippen LogP contribution in [0, 0.1) is 0 Å². The molecule has 0 spiro atoms. The molecular formula is C19H25NO5. The summed E-state index contributed by atoms with van der Waals surface area (Å²) in [5.74, 6) is -0.346. The van der Waals surface area contributed by atoms with Crippen LogP contribution in [0.15, 0.2) is 41.5 Å². The first-order valence-corrected chi connectivity index (χ1v) is 8.42. The van der Waals surface area contributed by atoms with E-state index in [1.165, 1.54) is 0 Å². The zero-order valence-corrected chi connectivity index (χ0v) is 15.0. The van der Waals surface area contributed by atoms with Gasteiger partial charge in [0.1, 0.15) is 6.61 Å². The van der Waals surface area contributed by atoms with Gasteiger partial charge in [-0.25, -0.2) is 9.59 Å². The minimum Gasteiger partial charge on any atom is -0.463 e. The molecule has 136 valence electrons. The fraction of sp³-hybridized carbons (Fsp3) is 0.474. The fourth-order valence-electron chi connectivity index (χ4n) is 2.33. The predicted octanol–water partition coefficient (Wildman–Crippen LogP) is 2.92. The average molecular weight is 347 g/mol. The highest BCUT2D eigenvalue weighted by atomic mass is 16.6. The molecule has 1 amide bonds. The van der Waals surface area contributed by atoms with Gasteiger partial charge < -0.3 is 19.1 Å². The van der Waals surface area contributed by atoms with Gasteiger partial charge in [-0.05, 0) is 26.3 Å². The zero-order valence-electron chi connectivity index (χ0n) is 15.0. The highest BCUT2D eigenvalue weighted by Crippen LogP contribution is 2.16. The maximum Gasteiger partial charge on any atom is 0.410 e. The van der Waals surface area contributed by atoms with Crippen LogP contribution < -0.4 is 0 Å². The minimum atomic E-state index is -0.350. The smallest absolute Gasteiger partial charge is 0.410 e. The maximum atomic E-state index is 11.9. The van der Waals surface area contributed by atoms with Crippen LogP contribution in [-0.4, -0.2) is 49.4 Å². The van der Waals surface area contributed by atoms with Crippen LogP contribution >= 0.6 is 0 Å². The van der Waals surface area contributed by atoms with Gasteiger partial charge >= 0.3 is 12.1 Å². The number of nitrogens with zero attached hydrogens (tertiary/aromatic N) is 1. The number of esters is 1. The first kappa shape index (κ1) is 19.0. The fourth-order valence-corrected chi connectivity index (χ4v) is 2.33. The van der Waals surface area contributed by atoms with E-state index < -0.39 is 0 Å². The van der Waals surface area contributed by atoms with Crippen LogP contribution in [0.1, 0.15) is 26.3 Å². The van der Waals surface area contributed by atoms with Gasteiger partial charge in [0.2, 0.25) is 0 Å². The quantitative estimate of drug-likeness (QED) is 0.560. The average Bonchev–Trinajstić information content (AvgIpc) is 2.55. The van der Waals surface area contributed by atoms with E-state index in [1.807, 2.05) is 44.2 Å². The van der Waals surface area contributed by atoms with Crippen LogP contribution in [0.5, 0.6) is 0 Å². The molecule has 1 fully saturated rings. The van der Waals surface area contributed by atoms with Crippen molar-refractivity contribution in [2.24, 2.45) is 0 Å². The molecule has 0 aliphatic carbocycles. The number of ether oxygens (including phenoxy) is 3. The Bertz CT molecular complexity index is 616. The first-order chi connectivity index (χ1) is 12.0. The Kier molecular flexibility index (Phi) is 7.01. The summed E-state index contributed by atoms with van der Waals surface area (Å²) in [5.41, 5.74) is 2.36. The molecule has 0 unspecified atom stereocenters. The Morgan fingerprint density at radius 1 is 1.12 bits per heavy atom. The van der Waals surface area contributed by atoms with Crippen molar-refractivity contribution >= 4 is 12.1 Å². The Labute approximate surface area is 148 Å². The van der Waals surface area contributed by atoms with Gasteiger partial charge in [0.25, 0.3) is 0 Å². The lowest BCUT2D eigenvalue weighted by Gasteiger charge is -2.38. The molecule has 0 bridgehead atoms. The summed E-state index contributed by atoms with van der Waals surface area (Å²) in [6.07, 6.45) is -0.440. The topological polar surface area (TPSA) is 65.1 Å². The Hall–Kier alpha value is -2.34. The van der Waals surface area contributed by atoms with Crippen molar-refractivity contribution in [1.29, 1.82) is 0 Å². The molecule has 1 aromatic rings. The van der Waals surface area contributed by atoms with E-state index in [2.05, 4.69) is 0 Å². The standard InChI is InChI=1S/C19H25NO5/c1-4-23-18(21)17(14(2)3)13-24-16-10-20(11-16)19(22)25-12-15-8-6-5-7-9-15/h5-9,16H,4,10-13H2,1-3H3. The Balaban J connectivity index is 1.70. The second-order valence-electron chi connectivity index (χ2n) is 6.08. The summed E-state index contributed by atoms with van der Waals surface area (Å²) >= 11 is 0. The highest BCUT2D eigenvalue weighted by Gasteiger charge is 2.33. The van der Waals surface area contributed by atoms with Crippen molar-refractivity contribution in [2.45, 2.75) is 33.5 Å². The third kappa shape index (κ3) is 5.60. The summed E-state index contributed by atoms with van der Waals surface area (Å²) in [4.78, 5) is 25.4. The SMILES string of the molecule is CCOC(=O)C(COC1CN(C(=O)OCc2ccccc2)C1)=C(C)C. The lowest BCUT2D eigenvalue weighted by molar-refractivity contribution is -0.140. The summed E-state index contributed by atoms with van der Waals surface area (Å²) in [5, 5.41) is 0. The van der Waals surface area contributed by atoms with Crippen molar-refractivity contribution < 1.29 is 23.8 Å². The monoisotopic (exact) mass is 347 g/mol. The third-order valence-electron chi connectivity index (χ3n) is 3.90. The zero-order chi connectivity index (χ0) is 18.2. The minimum absolute atomic E-state index is 0.0898. The lowest BCUT2D eigenvalue weighted by atomic mass is 10.1. The molecule has 0 atom stereocenters. The third-order valence-corrected chi connectivity index (χ3v) is 3.90. The maximum absolute atomic E-state index is 11.9. The highest BCUT2D eigenvalue weighted by molar-refractivity contribution is 5.89. The number of rotatable bonds is 7. The molecule has 1 aromatic carbocycles. The molecule has 1 aliphatic rings. The van der Waals surface area contributed by atoms with Crippen molar-refractivity contribution in [1.82, 2.24) is 4.90 Å². The number of amides is 1. The summed E-state index contributed by atoms with van der Waals surface area (Å²) in [7, 11) is 0. The van der Waals surface area contributed by atoms with E-state index >= 15 is 0 Å². The molecule has 6 nitrogen and oxygen atoms in total. The van der Waals surface area contributed by atoms with E-state index in [1.54, 1.807) is 11.8 Å². The molecule has 0 saturated carbocycles. The largest absolute Gasteiger partial charge is 0.463 e. The normalized spacial score (nSPS) is 13.8. The van der Waals surface area contributed by atoms with E-state index in [9.17, 15) is 9.59 Å². The van der Waals surface area contributed by atoms with Crippen LogP contribution in [0.2, 0.25) is 0 Å². The van der Waals surface area contributed by atoms with Gasteiger partial charge in [0.05, 0.1) is 38.0 Å². The molecule has 1 saturated heterocycles. The molecule has 0 radical (unpaired) electrons. The molecule has 2 rings (SSSR count). The lowest BCUT2D eigenvalue weighted by Crippen LogP contribution is -2.55. The van der Waals surface area contributed by atoms with Crippen LogP contribution in [0.25, 0.3) is 0 Å². The van der Waals surface area contributed by atoms with Gasteiger partial charge in [-0.2, -0.15) is 0 Å². The number of carbonyl (C=O) groups excluding carboxylic acids is 2.